The third-order valence-electron chi connectivity index (χ3n) is 3.02. The molecule has 0 aliphatic rings. The van der Waals surface area contributed by atoms with E-state index in [1.54, 1.807) is 24.3 Å². The molecule has 1 aromatic carbocycles. The van der Waals surface area contributed by atoms with Crippen LogP contribution in [0.15, 0.2) is 29.1 Å². The molecule has 110 valence electrons. The van der Waals surface area contributed by atoms with Gasteiger partial charge in [-0.2, -0.15) is 0 Å². The Hall–Kier alpha value is -2.70. The summed E-state index contributed by atoms with van der Waals surface area (Å²) in [7, 11) is 1.22. The largest absolute Gasteiger partial charge is 0.481 e. The van der Waals surface area contributed by atoms with E-state index < -0.39 is 11.9 Å². The van der Waals surface area contributed by atoms with Gasteiger partial charge in [0.25, 0.3) is 5.56 Å². The summed E-state index contributed by atoms with van der Waals surface area (Å²) in [4.78, 5) is 38.8. The summed E-state index contributed by atoms with van der Waals surface area (Å²) in [5.74, 6) is -1.33. The molecule has 0 unspecified atom stereocenters. The Morgan fingerprint density at radius 2 is 2.05 bits per heavy atom. The second-order valence-electron chi connectivity index (χ2n) is 4.41. The van der Waals surface area contributed by atoms with E-state index in [1.807, 2.05) is 0 Å². The number of fused-ring (bicyclic) bond motifs is 1. The van der Waals surface area contributed by atoms with Gasteiger partial charge in [-0.05, 0) is 12.1 Å². The molecule has 1 heterocycles. The lowest BCUT2D eigenvalue weighted by Gasteiger charge is -2.11. The van der Waals surface area contributed by atoms with Gasteiger partial charge in [0.15, 0.2) is 0 Å². The van der Waals surface area contributed by atoms with Crippen LogP contribution in [0.5, 0.6) is 0 Å². The number of methoxy groups -OCH3 is 1. The lowest BCUT2D eigenvalue weighted by Crippen LogP contribution is -2.29. The monoisotopic (exact) mass is 290 g/mol. The van der Waals surface area contributed by atoms with Gasteiger partial charge in [0.05, 0.1) is 24.4 Å². The van der Waals surface area contributed by atoms with Crippen LogP contribution in [0.4, 0.5) is 0 Å². The number of rotatable bonds is 5. The molecule has 1 N–H and O–H groups in total. The van der Waals surface area contributed by atoms with Gasteiger partial charge in [-0.1, -0.05) is 12.1 Å². The van der Waals surface area contributed by atoms with Crippen molar-refractivity contribution >= 4 is 22.8 Å². The standard InChI is InChI=1S/C14H14N2O5/c1-21-13(19)8-16-11(6-7-12(17)18)15-10-5-3-2-4-9(10)14(16)20/h2-5H,6-8H2,1H3,(H,17,18). The summed E-state index contributed by atoms with van der Waals surface area (Å²) >= 11 is 0. The molecule has 0 bridgehead atoms. The van der Waals surface area contributed by atoms with Crippen LogP contribution in [0.1, 0.15) is 12.2 Å². The highest BCUT2D eigenvalue weighted by atomic mass is 16.5. The molecule has 0 amide bonds. The van der Waals surface area contributed by atoms with Crippen LogP contribution in [0.2, 0.25) is 0 Å². The summed E-state index contributed by atoms with van der Waals surface area (Å²) < 4.78 is 5.72. The number of carboxylic acid groups (broad SMARTS) is 1. The van der Waals surface area contributed by atoms with Crippen LogP contribution in [-0.2, 0) is 27.3 Å². The number of aryl methyl sites for hydroxylation is 1. The third-order valence-corrected chi connectivity index (χ3v) is 3.02. The summed E-state index contributed by atoms with van der Waals surface area (Å²) in [6, 6.07) is 6.72. The fourth-order valence-corrected chi connectivity index (χ4v) is 1.98. The summed E-state index contributed by atoms with van der Waals surface area (Å²) in [6.45, 7) is -0.290. The Labute approximate surface area is 119 Å². The second kappa shape index (κ2) is 6.17. The van der Waals surface area contributed by atoms with Crippen molar-refractivity contribution in [3.63, 3.8) is 0 Å². The minimum absolute atomic E-state index is 0.0619. The fourth-order valence-electron chi connectivity index (χ4n) is 1.98. The van der Waals surface area contributed by atoms with Crippen molar-refractivity contribution < 1.29 is 19.4 Å². The molecule has 0 spiro atoms. The molecule has 2 rings (SSSR count). The Morgan fingerprint density at radius 1 is 1.33 bits per heavy atom. The number of nitrogens with zero attached hydrogens (tertiary/aromatic N) is 2. The Morgan fingerprint density at radius 3 is 2.71 bits per heavy atom. The maximum Gasteiger partial charge on any atom is 0.325 e. The van der Waals surface area contributed by atoms with E-state index >= 15 is 0 Å². The number of para-hydroxylation sites is 1. The Kier molecular flexibility index (Phi) is 4.32. The highest BCUT2D eigenvalue weighted by molar-refractivity contribution is 5.78. The van der Waals surface area contributed by atoms with E-state index in [-0.39, 0.29) is 30.8 Å². The van der Waals surface area contributed by atoms with Gasteiger partial charge in [-0.25, -0.2) is 4.98 Å². The van der Waals surface area contributed by atoms with Crippen LogP contribution in [0, 0.1) is 0 Å². The highest BCUT2D eigenvalue weighted by Crippen LogP contribution is 2.09. The minimum Gasteiger partial charge on any atom is -0.481 e. The molecule has 0 fully saturated rings. The van der Waals surface area contributed by atoms with E-state index in [2.05, 4.69) is 9.72 Å². The first-order chi connectivity index (χ1) is 10.0. The maximum atomic E-state index is 12.4. The van der Waals surface area contributed by atoms with E-state index in [9.17, 15) is 14.4 Å². The highest BCUT2D eigenvalue weighted by Gasteiger charge is 2.14. The third kappa shape index (κ3) is 3.25. The zero-order chi connectivity index (χ0) is 15.4. The number of hydrogen-bond acceptors (Lipinski definition) is 5. The van der Waals surface area contributed by atoms with Crippen LogP contribution < -0.4 is 5.56 Å². The number of aliphatic carboxylic acids is 1. The predicted octanol–water partition coefficient (Wildman–Crippen LogP) is 0.587. The predicted molar refractivity (Wildman–Crippen MR) is 74.0 cm³/mol. The lowest BCUT2D eigenvalue weighted by atomic mass is 10.2. The number of ether oxygens (including phenoxy) is 1. The molecular formula is C14H14N2O5. The van der Waals surface area contributed by atoms with Crippen molar-refractivity contribution in [3.05, 3.63) is 40.4 Å². The molecule has 0 aliphatic heterocycles. The molecule has 7 nitrogen and oxygen atoms in total. The van der Waals surface area contributed by atoms with Gasteiger partial charge in [-0.15, -0.1) is 0 Å². The van der Waals surface area contributed by atoms with Crippen LogP contribution >= 0.6 is 0 Å². The van der Waals surface area contributed by atoms with E-state index in [0.29, 0.717) is 10.9 Å². The molecule has 2 aromatic rings. The average Bonchev–Trinajstić information content (AvgIpc) is 2.48. The van der Waals surface area contributed by atoms with Crippen LogP contribution in [0.3, 0.4) is 0 Å². The van der Waals surface area contributed by atoms with Gasteiger partial charge in [0, 0.05) is 6.42 Å². The quantitative estimate of drug-likeness (QED) is 0.809. The number of carboxylic acids is 1. The van der Waals surface area contributed by atoms with Gasteiger partial charge >= 0.3 is 11.9 Å². The number of carbonyl (C=O) groups excluding carboxylic acids is 1. The molecule has 0 saturated carbocycles. The maximum absolute atomic E-state index is 12.4. The Bertz CT molecular complexity index is 751. The SMILES string of the molecule is COC(=O)Cn1c(CCC(=O)O)nc2ccccc2c1=O. The zero-order valence-corrected chi connectivity index (χ0v) is 11.4. The Balaban J connectivity index is 2.56. The van der Waals surface area contributed by atoms with Crippen molar-refractivity contribution in [2.24, 2.45) is 0 Å². The normalized spacial score (nSPS) is 10.5. The second-order valence-corrected chi connectivity index (χ2v) is 4.41. The first-order valence-electron chi connectivity index (χ1n) is 6.30. The fraction of sp³-hybridized carbons (Fsp3) is 0.286. The molecule has 7 heteroatoms. The van der Waals surface area contributed by atoms with Gasteiger partial charge in [0.1, 0.15) is 12.4 Å². The van der Waals surface area contributed by atoms with E-state index in [0.717, 1.165) is 4.57 Å². The molecule has 0 aliphatic carbocycles. The number of esters is 1. The zero-order valence-electron chi connectivity index (χ0n) is 11.4. The first kappa shape index (κ1) is 14.7. The van der Waals surface area contributed by atoms with E-state index in [1.165, 1.54) is 7.11 Å². The van der Waals surface area contributed by atoms with Gasteiger partial charge in [-0.3, -0.25) is 19.0 Å². The van der Waals surface area contributed by atoms with Crippen molar-refractivity contribution in [1.29, 1.82) is 0 Å². The number of hydrogen-bond donors (Lipinski definition) is 1. The van der Waals surface area contributed by atoms with Crippen LogP contribution in [-0.4, -0.2) is 33.7 Å². The topological polar surface area (TPSA) is 98.5 Å². The molecular weight excluding hydrogens is 276 g/mol. The smallest absolute Gasteiger partial charge is 0.325 e. The minimum atomic E-state index is -0.998. The molecule has 0 atom stereocenters. The van der Waals surface area contributed by atoms with Crippen LogP contribution in [0.25, 0.3) is 10.9 Å². The molecule has 0 saturated heterocycles. The summed E-state index contributed by atoms with van der Waals surface area (Å²) in [5, 5.41) is 9.14. The molecule has 1 aromatic heterocycles. The van der Waals surface area contributed by atoms with E-state index in [4.69, 9.17) is 5.11 Å². The number of carbonyl (C=O) groups is 2. The first-order valence-corrected chi connectivity index (χ1v) is 6.30. The average molecular weight is 290 g/mol. The van der Waals surface area contributed by atoms with Gasteiger partial charge in [0.2, 0.25) is 0 Å². The lowest BCUT2D eigenvalue weighted by molar-refractivity contribution is -0.141. The van der Waals surface area contributed by atoms with Crippen molar-refractivity contribution in [1.82, 2.24) is 9.55 Å². The number of benzene rings is 1. The molecule has 21 heavy (non-hydrogen) atoms. The summed E-state index contributed by atoms with van der Waals surface area (Å²) in [5.41, 5.74) is 0.0930. The number of aromatic nitrogens is 2. The van der Waals surface area contributed by atoms with Gasteiger partial charge < -0.3 is 9.84 Å². The molecule has 0 radical (unpaired) electrons. The van der Waals surface area contributed by atoms with Crippen molar-refractivity contribution in [2.45, 2.75) is 19.4 Å². The van der Waals surface area contributed by atoms with Crippen molar-refractivity contribution in [2.75, 3.05) is 7.11 Å². The van der Waals surface area contributed by atoms with Crippen molar-refractivity contribution in [3.8, 4) is 0 Å². The summed E-state index contributed by atoms with van der Waals surface area (Å²) in [6.07, 6.45) is -0.113.